The second kappa shape index (κ2) is 6.92. The van der Waals surface area contributed by atoms with Gasteiger partial charge in [-0.15, -0.1) is 0 Å². The van der Waals surface area contributed by atoms with Gasteiger partial charge in [0, 0.05) is 64.1 Å². The van der Waals surface area contributed by atoms with Crippen LogP contribution in [0.1, 0.15) is 23.5 Å². The van der Waals surface area contributed by atoms with Crippen molar-refractivity contribution in [2.24, 2.45) is 13.0 Å². The van der Waals surface area contributed by atoms with Crippen LogP contribution in [0.2, 0.25) is 0 Å². The average Bonchev–Trinajstić information content (AvgIpc) is 3.28. The number of rotatable bonds is 4. The zero-order valence-electron chi connectivity index (χ0n) is 15.7. The van der Waals surface area contributed by atoms with Gasteiger partial charge in [0.05, 0.1) is 11.1 Å². The van der Waals surface area contributed by atoms with Gasteiger partial charge in [0.2, 0.25) is 10.0 Å². The number of aliphatic hydroxyl groups is 1. The third-order valence-electron chi connectivity index (χ3n) is 5.84. The molecule has 2 aliphatic heterocycles. The van der Waals surface area contributed by atoms with Crippen molar-refractivity contribution >= 4 is 15.7 Å². The lowest BCUT2D eigenvalue weighted by molar-refractivity contribution is 0.223. The molecule has 1 fully saturated rings. The molecule has 2 aliphatic rings. The van der Waals surface area contributed by atoms with Crippen LogP contribution in [0, 0.1) is 5.92 Å². The quantitative estimate of drug-likeness (QED) is 0.849. The molecule has 0 unspecified atom stereocenters. The summed E-state index contributed by atoms with van der Waals surface area (Å²) in [6, 6.07) is 5.46. The zero-order valence-corrected chi connectivity index (χ0v) is 16.6. The highest BCUT2D eigenvalue weighted by atomic mass is 32.2. The standard InChI is InChI=1S/C19H26N4O3S/c1-21-7-3-4-14-5-6-17(8-19(14)21)27(25,26)23-11-16(13-24)18(12-23)15-9-20-22(2)10-15/h5-6,8-10,16,18,24H,3-4,7,11-13H2,1-2H3/t16-,18-/m0/s1. The van der Waals surface area contributed by atoms with E-state index in [4.69, 9.17) is 0 Å². The number of aliphatic hydroxyl groups excluding tert-OH is 1. The van der Waals surface area contributed by atoms with Crippen molar-refractivity contribution < 1.29 is 13.5 Å². The van der Waals surface area contributed by atoms with Crippen LogP contribution in [0.25, 0.3) is 0 Å². The highest BCUT2D eigenvalue weighted by Crippen LogP contribution is 2.36. The maximum atomic E-state index is 13.3. The molecule has 4 rings (SSSR count). The van der Waals surface area contributed by atoms with Crippen molar-refractivity contribution in [1.82, 2.24) is 14.1 Å². The molecule has 1 N–H and O–H groups in total. The van der Waals surface area contributed by atoms with E-state index in [2.05, 4.69) is 10.00 Å². The Hall–Kier alpha value is -1.90. The summed E-state index contributed by atoms with van der Waals surface area (Å²) in [6.07, 6.45) is 5.74. The molecular weight excluding hydrogens is 364 g/mol. The minimum atomic E-state index is -3.60. The first kappa shape index (κ1) is 18.5. The van der Waals surface area contributed by atoms with E-state index in [1.807, 2.05) is 26.4 Å². The van der Waals surface area contributed by atoms with Crippen molar-refractivity contribution in [1.29, 1.82) is 0 Å². The summed E-state index contributed by atoms with van der Waals surface area (Å²) in [7, 11) is 0.238. The van der Waals surface area contributed by atoms with Crippen LogP contribution in [0.3, 0.4) is 0 Å². The lowest BCUT2D eigenvalue weighted by Crippen LogP contribution is -2.30. The summed E-state index contributed by atoms with van der Waals surface area (Å²) >= 11 is 0. The van der Waals surface area contributed by atoms with Gasteiger partial charge in [-0.1, -0.05) is 6.07 Å². The second-order valence-electron chi connectivity index (χ2n) is 7.63. The molecule has 2 aromatic rings. The largest absolute Gasteiger partial charge is 0.396 e. The third kappa shape index (κ3) is 3.26. The molecule has 27 heavy (non-hydrogen) atoms. The summed E-state index contributed by atoms with van der Waals surface area (Å²) in [5.74, 6) is -0.164. The predicted octanol–water partition coefficient (Wildman–Crippen LogP) is 1.20. The normalized spacial score (nSPS) is 23.6. The number of anilines is 1. The molecule has 1 aromatic carbocycles. The van der Waals surface area contributed by atoms with Gasteiger partial charge in [0.25, 0.3) is 0 Å². The van der Waals surface area contributed by atoms with E-state index >= 15 is 0 Å². The second-order valence-corrected chi connectivity index (χ2v) is 9.57. The molecule has 0 amide bonds. The Morgan fingerprint density at radius 1 is 1.26 bits per heavy atom. The zero-order chi connectivity index (χ0) is 19.2. The van der Waals surface area contributed by atoms with Gasteiger partial charge in [-0.2, -0.15) is 9.40 Å². The van der Waals surface area contributed by atoms with Crippen molar-refractivity contribution in [3.63, 3.8) is 0 Å². The van der Waals surface area contributed by atoms with Gasteiger partial charge in [0.1, 0.15) is 0 Å². The molecule has 1 aromatic heterocycles. The number of benzene rings is 1. The van der Waals surface area contributed by atoms with Gasteiger partial charge in [0.15, 0.2) is 0 Å². The van der Waals surface area contributed by atoms with Crippen LogP contribution < -0.4 is 4.90 Å². The molecule has 3 heterocycles. The van der Waals surface area contributed by atoms with Crippen molar-refractivity contribution in [3.05, 3.63) is 41.7 Å². The number of hydrogen-bond acceptors (Lipinski definition) is 5. The third-order valence-corrected chi connectivity index (χ3v) is 7.67. The van der Waals surface area contributed by atoms with Gasteiger partial charge in [-0.3, -0.25) is 4.68 Å². The molecule has 2 atom stereocenters. The Morgan fingerprint density at radius 2 is 2.07 bits per heavy atom. The number of nitrogens with zero attached hydrogens (tertiary/aromatic N) is 4. The van der Waals surface area contributed by atoms with E-state index in [0.717, 1.165) is 30.6 Å². The maximum absolute atomic E-state index is 13.3. The predicted molar refractivity (Wildman–Crippen MR) is 103 cm³/mol. The van der Waals surface area contributed by atoms with Crippen LogP contribution in [0.15, 0.2) is 35.5 Å². The monoisotopic (exact) mass is 390 g/mol. The van der Waals surface area contributed by atoms with Gasteiger partial charge in [-0.25, -0.2) is 8.42 Å². The van der Waals surface area contributed by atoms with Crippen LogP contribution in [0.5, 0.6) is 0 Å². The van der Waals surface area contributed by atoms with E-state index < -0.39 is 10.0 Å². The van der Waals surface area contributed by atoms with Crippen LogP contribution in [0.4, 0.5) is 5.69 Å². The molecule has 0 aliphatic carbocycles. The first-order valence-corrected chi connectivity index (χ1v) is 10.8. The van der Waals surface area contributed by atoms with Crippen LogP contribution in [-0.4, -0.2) is 60.9 Å². The Morgan fingerprint density at radius 3 is 2.78 bits per heavy atom. The lowest BCUT2D eigenvalue weighted by Gasteiger charge is -2.28. The molecule has 0 bridgehead atoms. The molecule has 146 valence electrons. The summed E-state index contributed by atoms with van der Waals surface area (Å²) < 4.78 is 29.8. The minimum absolute atomic E-state index is 0.0428. The molecule has 7 nitrogen and oxygen atoms in total. The molecule has 8 heteroatoms. The van der Waals surface area contributed by atoms with Gasteiger partial charge >= 0.3 is 0 Å². The number of aryl methyl sites for hydroxylation is 2. The number of sulfonamides is 1. The fourth-order valence-electron chi connectivity index (χ4n) is 4.27. The SMILES string of the molecule is CN1CCCc2ccc(S(=O)(=O)N3C[C@@H](CO)[C@H](c4cnn(C)c4)C3)cc21. The van der Waals surface area contributed by atoms with Crippen molar-refractivity contribution in [2.45, 2.75) is 23.7 Å². The summed E-state index contributed by atoms with van der Waals surface area (Å²) in [5.41, 5.74) is 3.18. The van der Waals surface area contributed by atoms with E-state index in [1.54, 1.807) is 23.0 Å². The maximum Gasteiger partial charge on any atom is 0.243 e. The summed E-state index contributed by atoms with van der Waals surface area (Å²) in [4.78, 5) is 2.45. The topological polar surface area (TPSA) is 78.7 Å². The van der Waals surface area contributed by atoms with Crippen LogP contribution in [-0.2, 0) is 23.5 Å². The molecular formula is C19H26N4O3S. The fraction of sp³-hybridized carbons (Fsp3) is 0.526. The van der Waals surface area contributed by atoms with E-state index in [9.17, 15) is 13.5 Å². The van der Waals surface area contributed by atoms with Crippen LogP contribution >= 0.6 is 0 Å². The Kier molecular flexibility index (Phi) is 4.73. The lowest BCUT2D eigenvalue weighted by atomic mass is 9.92. The molecule has 0 radical (unpaired) electrons. The smallest absolute Gasteiger partial charge is 0.243 e. The highest BCUT2D eigenvalue weighted by Gasteiger charge is 2.40. The molecule has 0 spiro atoms. The fourth-order valence-corrected chi connectivity index (χ4v) is 5.81. The number of aromatic nitrogens is 2. The van der Waals surface area contributed by atoms with Gasteiger partial charge in [-0.05, 0) is 36.1 Å². The Labute approximate surface area is 160 Å². The Bertz CT molecular complexity index is 940. The summed E-state index contributed by atoms with van der Waals surface area (Å²) in [6.45, 7) is 1.59. The highest BCUT2D eigenvalue weighted by molar-refractivity contribution is 7.89. The minimum Gasteiger partial charge on any atom is -0.396 e. The van der Waals surface area contributed by atoms with E-state index in [-0.39, 0.29) is 18.4 Å². The molecule has 0 saturated carbocycles. The first-order valence-electron chi connectivity index (χ1n) is 9.34. The summed E-state index contributed by atoms with van der Waals surface area (Å²) in [5, 5.41) is 14.0. The molecule has 1 saturated heterocycles. The first-order chi connectivity index (χ1) is 12.9. The van der Waals surface area contributed by atoms with Crippen molar-refractivity contribution in [2.75, 3.05) is 38.2 Å². The number of fused-ring (bicyclic) bond motifs is 1. The van der Waals surface area contributed by atoms with E-state index in [0.29, 0.717) is 18.0 Å². The number of hydrogen-bond donors (Lipinski definition) is 1. The Balaban J connectivity index is 1.63. The van der Waals surface area contributed by atoms with Gasteiger partial charge < -0.3 is 10.0 Å². The average molecular weight is 391 g/mol. The van der Waals surface area contributed by atoms with E-state index in [1.165, 1.54) is 9.87 Å². The van der Waals surface area contributed by atoms with Crippen molar-refractivity contribution in [3.8, 4) is 0 Å².